The standard InChI is InChI=1S/C15H13Br2NO/c1-9-3-4-12(17)8-13(9)15(19)18-14-6-5-11(16)7-10(14)2/h3-8H,1-2H3,(H,18,19). The minimum Gasteiger partial charge on any atom is -0.322 e. The molecule has 0 saturated heterocycles. The highest BCUT2D eigenvalue weighted by molar-refractivity contribution is 9.10. The number of anilines is 1. The maximum absolute atomic E-state index is 12.3. The van der Waals surface area contributed by atoms with Crippen LogP contribution in [0.2, 0.25) is 0 Å². The number of halogens is 2. The van der Waals surface area contributed by atoms with Crippen molar-refractivity contribution in [3.63, 3.8) is 0 Å². The van der Waals surface area contributed by atoms with Gasteiger partial charge in [0.15, 0.2) is 0 Å². The molecule has 0 bridgehead atoms. The number of carbonyl (C=O) groups is 1. The van der Waals surface area contributed by atoms with Crippen molar-refractivity contribution in [2.75, 3.05) is 5.32 Å². The summed E-state index contributed by atoms with van der Waals surface area (Å²) in [5, 5.41) is 2.94. The average molecular weight is 383 g/mol. The van der Waals surface area contributed by atoms with E-state index in [0.717, 1.165) is 25.8 Å². The molecule has 1 N–H and O–H groups in total. The molecule has 98 valence electrons. The minimum absolute atomic E-state index is 0.0933. The SMILES string of the molecule is Cc1cc(Br)ccc1NC(=O)c1cc(Br)ccc1C. The van der Waals surface area contributed by atoms with Gasteiger partial charge in [0.1, 0.15) is 0 Å². The highest BCUT2D eigenvalue weighted by Gasteiger charge is 2.11. The lowest BCUT2D eigenvalue weighted by Crippen LogP contribution is -2.14. The Morgan fingerprint density at radius 2 is 1.58 bits per heavy atom. The molecule has 0 radical (unpaired) electrons. The molecule has 0 aliphatic rings. The van der Waals surface area contributed by atoms with Crippen LogP contribution in [0.15, 0.2) is 45.3 Å². The first-order valence-corrected chi connectivity index (χ1v) is 7.39. The highest BCUT2D eigenvalue weighted by Crippen LogP contribution is 2.22. The van der Waals surface area contributed by atoms with Crippen molar-refractivity contribution >= 4 is 43.5 Å². The average Bonchev–Trinajstić information content (AvgIpc) is 2.35. The Kier molecular flexibility index (Phi) is 4.42. The van der Waals surface area contributed by atoms with Gasteiger partial charge in [-0.15, -0.1) is 0 Å². The largest absolute Gasteiger partial charge is 0.322 e. The third-order valence-electron chi connectivity index (χ3n) is 2.88. The van der Waals surface area contributed by atoms with E-state index in [4.69, 9.17) is 0 Å². The van der Waals surface area contributed by atoms with Gasteiger partial charge < -0.3 is 5.32 Å². The summed E-state index contributed by atoms with van der Waals surface area (Å²) in [6.45, 7) is 3.89. The van der Waals surface area contributed by atoms with Crippen LogP contribution < -0.4 is 5.32 Å². The Morgan fingerprint density at radius 3 is 2.26 bits per heavy atom. The molecular formula is C15H13Br2NO. The van der Waals surface area contributed by atoms with Gasteiger partial charge in [-0.25, -0.2) is 0 Å². The van der Waals surface area contributed by atoms with E-state index in [0.29, 0.717) is 5.56 Å². The zero-order chi connectivity index (χ0) is 14.0. The fourth-order valence-electron chi connectivity index (χ4n) is 1.80. The predicted molar refractivity (Wildman–Crippen MR) is 85.7 cm³/mol. The zero-order valence-corrected chi connectivity index (χ0v) is 13.8. The lowest BCUT2D eigenvalue weighted by molar-refractivity contribution is 0.102. The Hall–Kier alpha value is -1.13. The zero-order valence-electron chi connectivity index (χ0n) is 10.6. The second-order valence-electron chi connectivity index (χ2n) is 4.37. The molecular weight excluding hydrogens is 370 g/mol. The van der Waals surface area contributed by atoms with Crippen LogP contribution in [0.25, 0.3) is 0 Å². The van der Waals surface area contributed by atoms with Crippen molar-refractivity contribution in [3.8, 4) is 0 Å². The predicted octanol–water partition coefficient (Wildman–Crippen LogP) is 5.08. The molecule has 0 aliphatic heterocycles. The normalized spacial score (nSPS) is 10.3. The van der Waals surface area contributed by atoms with Gasteiger partial charge >= 0.3 is 0 Å². The van der Waals surface area contributed by atoms with Crippen LogP contribution in [-0.2, 0) is 0 Å². The summed E-state index contributed by atoms with van der Waals surface area (Å²) in [4.78, 5) is 12.3. The molecule has 2 aromatic carbocycles. The summed E-state index contributed by atoms with van der Waals surface area (Å²) in [6, 6.07) is 11.5. The third kappa shape index (κ3) is 3.45. The van der Waals surface area contributed by atoms with E-state index < -0.39 is 0 Å². The van der Waals surface area contributed by atoms with Gasteiger partial charge in [-0.1, -0.05) is 37.9 Å². The first-order valence-electron chi connectivity index (χ1n) is 5.81. The summed E-state index contributed by atoms with van der Waals surface area (Å²) < 4.78 is 1.90. The monoisotopic (exact) mass is 381 g/mol. The summed E-state index contributed by atoms with van der Waals surface area (Å²) in [5.74, 6) is -0.0933. The molecule has 0 spiro atoms. The smallest absolute Gasteiger partial charge is 0.255 e. The molecule has 4 heteroatoms. The molecule has 0 unspecified atom stereocenters. The summed E-state index contributed by atoms with van der Waals surface area (Å²) in [6.07, 6.45) is 0. The fraction of sp³-hybridized carbons (Fsp3) is 0.133. The second kappa shape index (κ2) is 5.88. The number of carbonyl (C=O) groups excluding carboxylic acids is 1. The van der Waals surface area contributed by atoms with Crippen LogP contribution in [0, 0.1) is 13.8 Å². The van der Waals surface area contributed by atoms with Gasteiger partial charge in [0.2, 0.25) is 0 Å². The lowest BCUT2D eigenvalue weighted by Gasteiger charge is -2.10. The van der Waals surface area contributed by atoms with Crippen LogP contribution in [0.3, 0.4) is 0 Å². The van der Waals surface area contributed by atoms with E-state index in [1.807, 2.05) is 50.2 Å². The van der Waals surface area contributed by atoms with Crippen LogP contribution in [-0.4, -0.2) is 5.91 Å². The molecule has 0 atom stereocenters. The number of nitrogens with one attached hydrogen (secondary N) is 1. The van der Waals surface area contributed by atoms with E-state index in [9.17, 15) is 4.79 Å². The fourth-order valence-corrected chi connectivity index (χ4v) is 2.63. The number of benzene rings is 2. The first kappa shape index (κ1) is 14.3. The van der Waals surface area contributed by atoms with Crippen molar-refractivity contribution in [3.05, 3.63) is 62.0 Å². The Labute approximate surface area is 129 Å². The summed E-state index contributed by atoms with van der Waals surface area (Å²) >= 11 is 6.80. The minimum atomic E-state index is -0.0933. The Bertz CT molecular complexity index is 638. The van der Waals surface area contributed by atoms with Crippen molar-refractivity contribution in [1.82, 2.24) is 0 Å². The van der Waals surface area contributed by atoms with E-state index in [2.05, 4.69) is 37.2 Å². The summed E-state index contributed by atoms with van der Waals surface area (Å²) in [7, 11) is 0. The summed E-state index contributed by atoms with van der Waals surface area (Å²) in [5.41, 5.74) is 3.48. The third-order valence-corrected chi connectivity index (χ3v) is 3.87. The number of hydrogen-bond acceptors (Lipinski definition) is 1. The van der Waals surface area contributed by atoms with Gasteiger partial charge in [-0.2, -0.15) is 0 Å². The van der Waals surface area contributed by atoms with E-state index in [1.165, 1.54) is 0 Å². The van der Waals surface area contributed by atoms with Gasteiger partial charge in [-0.3, -0.25) is 4.79 Å². The molecule has 2 nitrogen and oxygen atoms in total. The van der Waals surface area contributed by atoms with Crippen LogP contribution in [0.5, 0.6) is 0 Å². The van der Waals surface area contributed by atoms with Crippen molar-refractivity contribution < 1.29 is 4.79 Å². The first-order chi connectivity index (χ1) is 8.97. The van der Waals surface area contributed by atoms with Crippen molar-refractivity contribution in [2.24, 2.45) is 0 Å². The Balaban J connectivity index is 2.28. The molecule has 2 aromatic rings. The van der Waals surface area contributed by atoms with Crippen molar-refractivity contribution in [2.45, 2.75) is 13.8 Å². The quantitative estimate of drug-likeness (QED) is 0.770. The molecule has 0 fully saturated rings. The van der Waals surface area contributed by atoms with E-state index in [1.54, 1.807) is 0 Å². The van der Waals surface area contributed by atoms with Gasteiger partial charge in [0.25, 0.3) is 5.91 Å². The molecule has 2 rings (SSSR count). The van der Waals surface area contributed by atoms with E-state index in [-0.39, 0.29) is 5.91 Å². The van der Waals surface area contributed by atoms with Gasteiger partial charge in [0, 0.05) is 20.2 Å². The molecule has 19 heavy (non-hydrogen) atoms. The Morgan fingerprint density at radius 1 is 0.947 bits per heavy atom. The highest BCUT2D eigenvalue weighted by atomic mass is 79.9. The topological polar surface area (TPSA) is 29.1 Å². The van der Waals surface area contributed by atoms with Gasteiger partial charge in [-0.05, 0) is 55.3 Å². The number of rotatable bonds is 2. The molecule has 0 aliphatic carbocycles. The molecule has 1 amide bonds. The number of aryl methyl sites for hydroxylation is 2. The lowest BCUT2D eigenvalue weighted by atomic mass is 10.1. The molecule has 0 heterocycles. The number of hydrogen-bond donors (Lipinski definition) is 1. The maximum Gasteiger partial charge on any atom is 0.255 e. The van der Waals surface area contributed by atoms with Crippen LogP contribution in [0.4, 0.5) is 5.69 Å². The van der Waals surface area contributed by atoms with Crippen LogP contribution in [0.1, 0.15) is 21.5 Å². The van der Waals surface area contributed by atoms with E-state index >= 15 is 0 Å². The molecule has 0 aromatic heterocycles. The van der Waals surface area contributed by atoms with Crippen LogP contribution >= 0.6 is 31.9 Å². The van der Waals surface area contributed by atoms with Crippen molar-refractivity contribution in [1.29, 1.82) is 0 Å². The van der Waals surface area contributed by atoms with Gasteiger partial charge in [0.05, 0.1) is 0 Å². The number of amides is 1. The molecule has 0 saturated carbocycles. The maximum atomic E-state index is 12.3. The second-order valence-corrected chi connectivity index (χ2v) is 6.20.